The summed E-state index contributed by atoms with van der Waals surface area (Å²) >= 11 is -1.50. The van der Waals surface area contributed by atoms with Crippen LogP contribution in [0.4, 0.5) is 0 Å². The van der Waals surface area contributed by atoms with E-state index in [1.54, 1.807) is 24.3 Å². The molecule has 188 valence electrons. The van der Waals surface area contributed by atoms with Gasteiger partial charge in [0.05, 0.1) is 35.0 Å². The third-order valence-electron chi connectivity index (χ3n) is 6.20. The highest BCUT2D eigenvalue weighted by Gasteiger charge is 2.16. The van der Waals surface area contributed by atoms with Crippen LogP contribution >= 0.6 is 0 Å². The lowest BCUT2D eigenvalue weighted by molar-refractivity contribution is 0.398. The molecule has 1 unspecified atom stereocenters. The average molecular weight is 533 g/mol. The molecular weight excluding hydrogens is 508 g/mol. The van der Waals surface area contributed by atoms with Gasteiger partial charge in [0.2, 0.25) is 0 Å². The van der Waals surface area contributed by atoms with E-state index in [2.05, 4.69) is 4.18 Å². The van der Waals surface area contributed by atoms with Crippen LogP contribution in [0.1, 0.15) is 11.4 Å². The number of benzene rings is 3. The predicted molar refractivity (Wildman–Crippen MR) is 145 cm³/mol. The third-order valence-corrected chi connectivity index (χ3v) is 8.45. The molecule has 1 atom stereocenters. The molecule has 0 bridgehead atoms. The smallest absolute Gasteiger partial charge is 0.290 e. The molecule has 0 spiro atoms. The molecule has 0 fully saturated rings. The van der Waals surface area contributed by atoms with Crippen LogP contribution in [0.5, 0.6) is 0 Å². The Morgan fingerprint density at radius 3 is 1.59 bits per heavy atom. The van der Waals surface area contributed by atoms with Crippen molar-refractivity contribution in [1.82, 2.24) is 9.97 Å². The number of fused-ring (bicyclic) bond motifs is 3. The van der Waals surface area contributed by atoms with Gasteiger partial charge < -0.3 is 0 Å². The number of rotatable bonds is 6. The van der Waals surface area contributed by atoms with E-state index >= 15 is 0 Å². The zero-order valence-corrected chi connectivity index (χ0v) is 22.3. The van der Waals surface area contributed by atoms with Crippen LogP contribution in [0.25, 0.3) is 44.1 Å². The second kappa shape index (κ2) is 9.75. The first kappa shape index (κ1) is 25.2. The van der Waals surface area contributed by atoms with Crippen molar-refractivity contribution in [3.63, 3.8) is 0 Å². The highest BCUT2D eigenvalue weighted by molar-refractivity contribution is 7.86. The molecule has 0 aliphatic carbocycles. The highest BCUT2D eigenvalue weighted by Crippen LogP contribution is 2.36. The zero-order valence-electron chi connectivity index (χ0n) is 20.7. The number of aromatic nitrogens is 2. The lowest BCUT2D eigenvalue weighted by Gasteiger charge is -2.14. The van der Waals surface area contributed by atoms with Gasteiger partial charge in [-0.25, -0.2) is 4.21 Å². The van der Waals surface area contributed by atoms with Crippen LogP contribution < -0.4 is 0 Å². The molecule has 0 amide bonds. The standard InChI is InChI=1S/C28H24N2O5S2/c1-17-15-25(19-5-9-21(10-6-19)36(31)34-3)23-13-14-24-26(16-18(2)30-28(24)27(23)29-17)20-7-11-22(12-8-20)37(32,33)35-4/h5-16H,1-4H3. The topological polar surface area (TPSA) is 95.5 Å². The Hall–Kier alpha value is -3.50. The van der Waals surface area contributed by atoms with E-state index in [0.717, 1.165) is 62.6 Å². The van der Waals surface area contributed by atoms with Gasteiger partial charge in [0, 0.05) is 22.2 Å². The average Bonchev–Trinajstić information content (AvgIpc) is 2.92. The van der Waals surface area contributed by atoms with Crippen molar-refractivity contribution in [2.45, 2.75) is 23.6 Å². The Bertz CT molecular complexity index is 1780. The van der Waals surface area contributed by atoms with Gasteiger partial charge in [-0.2, -0.15) is 8.42 Å². The van der Waals surface area contributed by atoms with E-state index in [0.29, 0.717) is 4.90 Å². The van der Waals surface area contributed by atoms with Gasteiger partial charge >= 0.3 is 0 Å². The molecule has 0 N–H and O–H groups in total. The molecule has 7 nitrogen and oxygen atoms in total. The van der Waals surface area contributed by atoms with Crippen molar-refractivity contribution in [2.24, 2.45) is 0 Å². The van der Waals surface area contributed by atoms with Crippen LogP contribution in [-0.4, -0.2) is 36.8 Å². The first-order chi connectivity index (χ1) is 17.7. The molecular formula is C28H24N2O5S2. The Morgan fingerprint density at radius 1 is 0.703 bits per heavy atom. The van der Waals surface area contributed by atoms with Crippen LogP contribution in [0.2, 0.25) is 0 Å². The van der Waals surface area contributed by atoms with Gasteiger partial charge in [-0.05, 0) is 72.5 Å². The fraction of sp³-hybridized carbons (Fsp3) is 0.143. The largest absolute Gasteiger partial charge is 0.296 e. The number of hydrogen-bond acceptors (Lipinski definition) is 7. The van der Waals surface area contributed by atoms with E-state index in [1.165, 1.54) is 19.2 Å². The fourth-order valence-electron chi connectivity index (χ4n) is 4.45. The van der Waals surface area contributed by atoms with Crippen LogP contribution in [0.15, 0.2) is 82.6 Å². The first-order valence-corrected chi connectivity index (χ1v) is 13.9. The molecule has 0 aliphatic rings. The molecule has 0 saturated heterocycles. The van der Waals surface area contributed by atoms with Crippen molar-refractivity contribution in [2.75, 3.05) is 14.2 Å². The molecule has 9 heteroatoms. The van der Waals surface area contributed by atoms with Crippen LogP contribution in [-0.2, 0) is 29.6 Å². The minimum Gasteiger partial charge on any atom is -0.290 e. The van der Waals surface area contributed by atoms with Gasteiger partial charge in [-0.1, -0.05) is 36.4 Å². The second-order valence-corrected chi connectivity index (χ2v) is 11.5. The summed E-state index contributed by atoms with van der Waals surface area (Å²) in [5.41, 5.74) is 6.97. The number of nitrogens with zero attached hydrogens (tertiary/aromatic N) is 2. The monoisotopic (exact) mass is 532 g/mol. The molecule has 0 radical (unpaired) electrons. The van der Waals surface area contributed by atoms with Crippen molar-refractivity contribution >= 4 is 43.0 Å². The van der Waals surface area contributed by atoms with E-state index in [4.69, 9.17) is 14.2 Å². The molecule has 0 saturated carbocycles. The zero-order chi connectivity index (χ0) is 26.3. The molecule has 0 aliphatic heterocycles. The number of aryl methyl sites for hydroxylation is 2. The van der Waals surface area contributed by atoms with Crippen molar-refractivity contribution < 1.29 is 21.0 Å². The molecule has 2 heterocycles. The maximum absolute atomic E-state index is 12.0. The van der Waals surface area contributed by atoms with Gasteiger partial charge in [-0.3, -0.25) is 18.3 Å². The number of hydrogen-bond donors (Lipinski definition) is 0. The summed E-state index contributed by atoms with van der Waals surface area (Å²) in [5.74, 6) is 0. The van der Waals surface area contributed by atoms with Gasteiger partial charge in [0.1, 0.15) is 0 Å². The Morgan fingerprint density at radius 2 is 1.16 bits per heavy atom. The van der Waals surface area contributed by atoms with Crippen LogP contribution in [0, 0.1) is 13.8 Å². The van der Waals surface area contributed by atoms with Gasteiger partial charge in [0.25, 0.3) is 10.1 Å². The van der Waals surface area contributed by atoms with Crippen LogP contribution in [0.3, 0.4) is 0 Å². The molecule has 2 aromatic heterocycles. The van der Waals surface area contributed by atoms with Gasteiger partial charge in [-0.15, -0.1) is 0 Å². The Balaban J connectivity index is 1.70. The maximum Gasteiger partial charge on any atom is 0.296 e. The summed E-state index contributed by atoms with van der Waals surface area (Å²) in [6, 6.07) is 22.1. The van der Waals surface area contributed by atoms with E-state index < -0.39 is 21.2 Å². The maximum atomic E-state index is 12.0. The fourth-order valence-corrected chi connectivity index (χ4v) is 5.66. The normalized spacial score (nSPS) is 12.8. The second-order valence-electron chi connectivity index (χ2n) is 8.55. The lowest BCUT2D eigenvalue weighted by Crippen LogP contribution is -2.02. The Labute approximate surface area is 217 Å². The third kappa shape index (κ3) is 4.67. The molecule has 5 rings (SSSR count). The summed E-state index contributed by atoms with van der Waals surface area (Å²) in [4.78, 5) is 10.4. The van der Waals surface area contributed by atoms with Crippen molar-refractivity contribution in [3.8, 4) is 22.3 Å². The first-order valence-electron chi connectivity index (χ1n) is 11.4. The highest BCUT2D eigenvalue weighted by atomic mass is 32.2. The summed E-state index contributed by atoms with van der Waals surface area (Å²) in [7, 11) is -1.21. The summed E-state index contributed by atoms with van der Waals surface area (Å²) < 4.78 is 45.6. The minimum absolute atomic E-state index is 0.0987. The Kier molecular flexibility index (Phi) is 6.63. The SMILES string of the molecule is COS(=O)c1ccc(-c2cc(C)nc3c2ccc2c(-c4ccc(S(=O)(=O)OC)cc4)cc(C)nc23)cc1. The van der Waals surface area contributed by atoms with E-state index in [1.807, 2.05) is 50.2 Å². The van der Waals surface area contributed by atoms with Crippen molar-refractivity contribution in [3.05, 3.63) is 84.2 Å². The summed E-state index contributed by atoms with van der Waals surface area (Å²) in [6.07, 6.45) is 0. The minimum atomic E-state index is -3.77. The molecule has 5 aromatic rings. The van der Waals surface area contributed by atoms with E-state index in [9.17, 15) is 12.6 Å². The quantitative estimate of drug-likeness (QED) is 0.203. The summed E-state index contributed by atoms with van der Waals surface area (Å²) in [5, 5.41) is 1.86. The molecule has 37 heavy (non-hydrogen) atoms. The van der Waals surface area contributed by atoms with Gasteiger partial charge in [0.15, 0.2) is 11.1 Å². The van der Waals surface area contributed by atoms with Crippen molar-refractivity contribution in [1.29, 1.82) is 0 Å². The number of pyridine rings is 2. The molecule has 3 aromatic carbocycles. The van der Waals surface area contributed by atoms with E-state index in [-0.39, 0.29) is 4.90 Å². The lowest BCUT2D eigenvalue weighted by atomic mass is 9.95. The predicted octanol–water partition coefficient (Wildman–Crippen LogP) is 5.74. The summed E-state index contributed by atoms with van der Waals surface area (Å²) in [6.45, 7) is 3.87.